The van der Waals surface area contributed by atoms with Gasteiger partial charge in [0.05, 0.1) is 6.61 Å². The van der Waals surface area contributed by atoms with Gasteiger partial charge in [0.25, 0.3) is 0 Å². The molecule has 4 heteroatoms. The van der Waals surface area contributed by atoms with Crippen LogP contribution in [-0.4, -0.2) is 22.4 Å². The number of ether oxygens (including phenoxy) is 1. The summed E-state index contributed by atoms with van der Waals surface area (Å²) < 4.78 is 7.07. The lowest BCUT2D eigenvalue weighted by atomic mass is 10.00. The van der Waals surface area contributed by atoms with Crippen molar-refractivity contribution in [2.24, 2.45) is 0 Å². The Labute approximate surface area is 101 Å². The Balaban J connectivity index is 1.64. The van der Waals surface area contributed by atoms with Crippen molar-refractivity contribution in [3.05, 3.63) is 30.1 Å². The molecule has 0 spiro atoms. The smallest absolute Gasteiger partial charge is 0.333 e. The second kappa shape index (κ2) is 6.23. The van der Waals surface area contributed by atoms with Crippen molar-refractivity contribution in [1.82, 2.24) is 9.78 Å². The molecule has 1 heterocycles. The summed E-state index contributed by atoms with van der Waals surface area (Å²) >= 11 is 0. The molecule has 0 unspecified atom stereocenters. The van der Waals surface area contributed by atoms with E-state index in [1.807, 2.05) is 23.0 Å². The van der Waals surface area contributed by atoms with E-state index in [0.717, 1.165) is 37.8 Å². The Morgan fingerprint density at radius 1 is 1.47 bits per heavy atom. The van der Waals surface area contributed by atoms with Gasteiger partial charge in [-0.15, -0.1) is 0 Å². The quantitative estimate of drug-likeness (QED) is 0.580. The standard InChI is InChI=1S/C13H18N2O2/c16-13(12-6-2-1-3-7-12)17-11-5-10-15-9-4-8-14-15/h4,6,8-9H,1-3,5,7,10-11H2. The zero-order valence-corrected chi connectivity index (χ0v) is 9.97. The highest BCUT2D eigenvalue weighted by Gasteiger charge is 2.12. The predicted octanol–water partition coefficient (Wildman–Crippen LogP) is 2.32. The van der Waals surface area contributed by atoms with Crippen LogP contribution >= 0.6 is 0 Å². The van der Waals surface area contributed by atoms with E-state index in [0.29, 0.717) is 6.61 Å². The van der Waals surface area contributed by atoms with E-state index in [1.165, 1.54) is 6.42 Å². The molecular formula is C13H18N2O2. The van der Waals surface area contributed by atoms with Gasteiger partial charge < -0.3 is 4.74 Å². The molecule has 0 saturated carbocycles. The molecule has 4 nitrogen and oxygen atoms in total. The van der Waals surface area contributed by atoms with Gasteiger partial charge in [0, 0.05) is 30.9 Å². The van der Waals surface area contributed by atoms with Gasteiger partial charge in [0.2, 0.25) is 0 Å². The fourth-order valence-electron chi connectivity index (χ4n) is 1.94. The number of aromatic nitrogens is 2. The van der Waals surface area contributed by atoms with Crippen molar-refractivity contribution in [2.45, 2.75) is 38.6 Å². The van der Waals surface area contributed by atoms with Crippen LogP contribution in [0.5, 0.6) is 0 Å². The first kappa shape index (κ1) is 11.9. The minimum Gasteiger partial charge on any atom is -0.462 e. The first-order chi connectivity index (χ1) is 8.36. The van der Waals surface area contributed by atoms with Gasteiger partial charge in [0.15, 0.2) is 0 Å². The molecule has 92 valence electrons. The molecule has 1 aromatic heterocycles. The number of aryl methyl sites for hydroxylation is 1. The van der Waals surface area contributed by atoms with Gasteiger partial charge in [-0.1, -0.05) is 6.08 Å². The second-order valence-corrected chi connectivity index (χ2v) is 4.23. The second-order valence-electron chi connectivity index (χ2n) is 4.23. The van der Waals surface area contributed by atoms with E-state index in [2.05, 4.69) is 5.10 Å². The van der Waals surface area contributed by atoms with Crippen LogP contribution in [0.25, 0.3) is 0 Å². The van der Waals surface area contributed by atoms with E-state index in [9.17, 15) is 4.79 Å². The molecule has 0 fully saturated rings. The van der Waals surface area contributed by atoms with Gasteiger partial charge in [-0.3, -0.25) is 4.68 Å². The predicted molar refractivity (Wildman–Crippen MR) is 64.4 cm³/mol. The van der Waals surface area contributed by atoms with Crippen molar-refractivity contribution >= 4 is 5.97 Å². The van der Waals surface area contributed by atoms with Crippen molar-refractivity contribution in [3.8, 4) is 0 Å². The summed E-state index contributed by atoms with van der Waals surface area (Å²) in [6, 6.07) is 1.89. The van der Waals surface area contributed by atoms with Gasteiger partial charge in [-0.05, 0) is 31.7 Å². The van der Waals surface area contributed by atoms with Crippen LogP contribution in [0.1, 0.15) is 32.1 Å². The van der Waals surface area contributed by atoms with Crippen LogP contribution in [0.15, 0.2) is 30.1 Å². The molecule has 0 atom stereocenters. The Kier molecular flexibility index (Phi) is 4.36. The zero-order chi connectivity index (χ0) is 11.9. The Morgan fingerprint density at radius 3 is 3.12 bits per heavy atom. The van der Waals surface area contributed by atoms with Crippen LogP contribution in [0.3, 0.4) is 0 Å². The van der Waals surface area contributed by atoms with E-state index < -0.39 is 0 Å². The number of hydrogen-bond donors (Lipinski definition) is 0. The maximum absolute atomic E-state index is 11.6. The molecule has 0 amide bonds. The van der Waals surface area contributed by atoms with Crippen molar-refractivity contribution in [1.29, 1.82) is 0 Å². The average Bonchev–Trinajstić information content (AvgIpc) is 2.88. The Morgan fingerprint density at radius 2 is 2.41 bits per heavy atom. The third kappa shape index (κ3) is 3.73. The number of carbonyl (C=O) groups is 1. The van der Waals surface area contributed by atoms with E-state index in [4.69, 9.17) is 4.74 Å². The SMILES string of the molecule is O=C(OCCCn1cccn1)C1=CCCCC1. The first-order valence-electron chi connectivity index (χ1n) is 6.20. The molecule has 0 aromatic carbocycles. The third-order valence-corrected chi connectivity index (χ3v) is 2.88. The number of allylic oxidation sites excluding steroid dienone is 1. The lowest BCUT2D eigenvalue weighted by Gasteiger charge is -2.11. The summed E-state index contributed by atoms with van der Waals surface area (Å²) in [6.45, 7) is 1.26. The van der Waals surface area contributed by atoms with Crippen LogP contribution in [0.4, 0.5) is 0 Å². The number of rotatable bonds is 5. The van der Waals surface area contributed by atoms with Gasteiger partial charge in [-0.25, -0.2) is 4.79 Å². The highest BCUT2D eigenvalue weighted by Crippen LogP contribution is 2.18. The molecule has 0 bridgehead atoms. The summed E-state index contributed by atoms with van der Waals surface area (Å²) in [4.78, 5) is 11.6. The molecule has 1 aliphatic carbocycles. The molecule has 2 rings (SSSR count). The summed E-state index contributed by atoms with van der Waals surface area (Å²) in [6.07, 6.45) is 10.7. The monoisotopic (exact) mass is 234 g/mol. The zero-order valence-electron chi connectivity index (χ0n) is 9.97. The van der Waals surface area contributed by atoms with E-state index in [-0.39, 0.29) is 5.97 Å². The lowest BCUT2D eigenvalue weighted by molar-refractivity contribution is -0.139. The van der Waals surface area contributed by atoms with Crippen molar-refractivity contribution in [3.63, 3.8) is 0 Å². The number of hydrogen-bond acceptors (Lipinski definition) is 3. The largest absolute Gasteiger partial charge is 0.462 e. The highest BCUT2D eigenvalue weighted by atomic mass is 16.5. The molecule has 17 heavy (non-hydrogen) atoms. The van der Waals surface area contributed by atoms with Gasteiger partial charge >= 0.3 is 5.97 Å². The number of carbonyl (C=O) groups excluding carboxylic acids is 1. The molecule has 0 radical (unpaired) electrons. The normalized spacial score (nSPS) is 15.4. The number of esters is 1. The lowest BCUT2D eigenvalue weighted by Crippen LogP contribution is -2.12. The fraction of sp³-hybridized carbons (Fsp3) is 0.538. The average molecular weight is 234 g/mol. The Bertz CT molecular complexity index is 382. The Hall–Kier alpha value is -1.58. The minimum absolute atomic E-state index is 0.134. The maximum Gasteiger partial charge on any atom is 0.333 e. The molecular weight excluding hydrogens is 216 g/mol. The van der Waals surface area contributed by atoms with Gasteiger partial charge in [0.1, 0.15) is 0 Å². The van der Waals surface area contributed by atoms with E-state index in [1.54, 1.807) is 6.20 Å². The first-order valence-corrected chi connectivity index (χ1v) is 6.20. The summed E-state index contributed by atoms with van der Waals surface area (Å²) in [5, 5.41) is 4.09. The minimum atomic E-state index is -0.134. The maximum atomic E-state index is 11.6. The summed E-state index contributed by atoms with van der Waals surface area (Å²) in [5.74, 6) is -0.134. The topological polar surface area (TPSA) is 44.1 Å². The molecule has 0 saturated heterocycles. The molecule has 1 aromatic rings. The summed E-state index contributed by atoms with van der Waals surface area (Å²) in [5.41, 5.74) is 0.857. The van der Waals surface area contributed by atoms with Crippen LogP contribution < -0.4 is 0 Å². The van der Waals surface area contributed by atoms with Crippen molar-refractivity contribution < 1.29 is 9.53 Å². The van der Waals surface area contributed by atoms with Crippen LogP contribution in [0, 0.1) is 0 Å². The third-order valence-electron chi connectivity index (χ3n) is 2.88. The highest BCUT2D eigenvalue weighted by molar-refractivity contribution is 5.88. The number of nitrogens with zero attached hydrogens (tertiary/aromatic N) is 2. The molecule has 0 aliphatic heterocycles. The summed E-state index contributed by atoms with van der Waals surface area (Å²) in [7, 11) is 0. The van der Waals surface area contributed by atoms with E-state index >= 15 is 0 Å². The molecule has 0 N–H and O–H groups in total. The van der Waals surface area contributed by atoms with Gasteiger partial charge in [-0.2, -0.15) is 5.10 Å². The van der Waals surface area contributed by atoms with Crippen LogP contribution in [0.2, 0.25) is 0 Å². The molecule has 1 aliphatic rings. The fourth-order valence-corrected chi connectivity index (χ4v) is 1.94. The van der Waals surface area contributed by atoms with Crippen molar-refractivity contribution in [2.75, 3.05) is 6.61 Å². The van der Waals surface area contributed by atoms with Crippen LogP contribution in [-0.2, 0) is 16.1 Å².